The van der Waals surface area contributed by atoms with Gasteiger partial charge < -0.3 is 19.7 Å². The maximum absolute atomic E-state index is 13.8. The predicted octanol–water partition coefficient (Wildman–Crippen LogP) is 1.33. The Kier molecular flexibility index (Phi) is 5.39. The van der Waals surface area contributed by atoms with Gasteiger partial charge in [0.25, 0.3) is 0 Å². The number of nitrogens with one attached hydrogen (secondary N) is 1. The highest BCUT2D eigenvalue weighted by molar-refractivity contribution is 8.00. The Morgan fingerprint density at radius 3 is 2.63 bits per heavy atom. The molecule has 8 heteroatoms. The van der Waals surface area contributed by atoms with E-state index in [9.17, 15) is 14.0 Å². The summed E-state index contributed by atoms with van der Waals surface area (Å²) in [6, 6.07) is 5.95. The number of benzene rings is 1. The molecule has 27 heavy (non-hydrogen) atoms. The highest BCUT2D eigenvalue weighted by atomic mass is 32.2. The molecule has 0 bridgehead atoms. The largest absolute Gasteiger partial charge is 0.347 e. The van der Waals surface area contributed by atoms with E-state index in [1.807, 2.05) is 0 Å². The van der Waals surface area contributed by atoms with Crippen molar-refractivity contribution in [2.75, 3.05) is 32.1 Å². The van der Waals surface area contributed by atoms with Crippen LogP contribution in [0.5, 0.6) is 0 Å². The fourth-order valence-electron chi connectivity index (χ4n) is 3.82. The Bertz CT molecular complexity index is 715. The van der Waals surface area contributed by atoms with Gasteiger partial charge in [-0.2, -0.15) is 0 Å². The van der Waals surface area contributed by atoms with Gasteiger partial charge in [0.1, 0.15) is 11.9 Å². The summed E-state index contributed by atoms with van der Waals surface area (Å²) in [5.41, 5.74) is 0.521. The standard InChI is InChI=1S/C19H23FN2O4S/c20-14-4-2-1-3-13(14)11-16-17(23)21-15(12-27-16)18(24)22-7-5-19(6-8-22)25-9-10-26-19/h1-4,15-16H,5-12H2,(H,21,23)/t15-,16+/m1/s1. The van der Waals surface area contributed by atoms with Crippen molar-refractivity contribution in [2.45, 2.75) is 36.3 Å². The summed E-state index contributed by atoms with van der Waals surface area (Å²) in [7, 11) is 0. The van der Waals surface area contributed by atoms with Gasteiger partial charge in [-0.3, -0.25) is 9.59 Å². The van der Waals surface area contributed by atoms with Gasteiger partial charge in [-0.05, 0) is 18.1 Å². The summed E-state index contributed by atoms with van der Waals surface area (Å²) in [5.74, 6) is -0.593. The van der Waals surface area contributed by atoms with Gasteiger partial charge in [0.05, 0.1) is 18.5 Å². The molecule has 1 N–H and O–H groups in total. The van der Waals surface area contributed by atoms with E-state index in [-0.39, 0.29) is 22.9 Å². The fraction of sp³-hybridized carbons (Fsp3) is 0.579. The van der Waals surface area contributed by atoms with Crippen LogP contribution in [0.25, 0.3) is 0 Å². The molecule has 0 saturated carbocycles. The molecule has 3 saturated heterocycles. The molecule has 1 spiro atoms. The number of thioether (sulfide) groups is 1. The van der Waals surface area contributed by atoms with Crippen LogP contribution < -0.4 is 5.32 Å². The van der Waals surface area contributed by atoms with E-state index in [2.05, 4.69) is 5.32 Å². The molecule has 6 nitrogen and oxygen atoms in total. The second-order valence-electron chi connectivity index (χ2n) is 7.11. The number of rotatable bonds is 3. The number of likely N-dealkylation sites (tertiary alicyclic amines) is 1. The lowest BCUT2D eigenvalue weighted by Gasteiger charge is -2.39. The van der Waals surface area contributed by atoms with Gasteiger partial charge in [0, 0.05) is 31.7 Å². The summed E-state index contributed by atoms with van der Waals surface area (Å²) >= 11 is 1.42. The molecule has 3 aliphatic rings. The molecule has 1 aromatic carbocycles. The monoisotopic (exact) mass is 394 g/mol. The fourth-order valence-corrected chi connectivity index (χ4v) is 4.98. The summed E-state index contributed by atoms with van der Waals surface area (Å²) in [4.78, 5) is 27.0. The lowest BCUT2D eigenvalue weighted by molar-refractivity contribution is -0.187. The van der Waals surface area contributed by atoms with Crippen molar-refractivity contribution in [3.05, 3.63) is 35.6 Å². The third-order valence-electron chi connectivity index (χ3n) is 5.38. The minimum Gasteiger partial charge on any atom is -0.347 e. The lowest BCUT2D eigenvalue weighted by atomic mass is 10.0. The van der Waals surface area contributed by atoms with E-state index in [1.165, 1.54) is 17.8 Å². The number of halogens is 1. The predicted molar refractivity (Wildman–Crippen MR) is 98.7 cm³/mol. The van der Waals surface area contributed by atoms with E-state index >= 15 is 0 Å². The van der Waals surface area contributed by atoms with Crippen LogP contribution >= 0.6 is 11.8 Å². The van der Waals surface area contributed by atoms with E-state index in [4.69, 9.17) is 9.47 Å². The smallest absolute Gasteiger partial charge is 0.246 e. The first-order valence-electron chi connectivity index (χ1n) is 9.28. The first kappa shape index (κ1) is 18.7. The minimum atomic E-state index is -0.529. The summed E-state index contributed by atoms with van der Waals surface area (Å²) in [6.07, 6.45) is 1.63. The molecular formula is C19H23FN2O4S. The summed E-state index contributed by atoms with van der Waals surface area (Å²) in [6.45, 7) is 2.34. The second-order valence-corrected chi connectivity index (χ2v) is 8.35. The van der Waals surface area contributed by atoms with Crippen molar-refractivity contribution >= 4 is 23.6 Å². The lowest BCUT2D eigenvalue weighted by Crippen LogP contribution is -2.57. The Morgan fingerprint density at radius 2 is 1.96 bits per heavy atom. The van der Waals surface area contributed by atoms with Crippen LogP contribution in [-0.4, -0.2) is 65.8 Å². The van der Waals surface area contributed by atoms with Crippen molar-refractivity contribution in [1.82, 2.24) is 10.2 Å². The summed E-state index contributed by atoms with van der Waals surface area (Å²) in [5, 5.41) is 2.45. The topological polar surface area (TPSA) is 67.9 Å². The van der Waals surface area contributed by atoms with Crippen molar-refractivity contribution < 1.29 is 23.5 Å². The Hall–Kier alpha value is -1.64. The molecular weight excluding hydrogens is 371 g/mol. The zero-order chi connectivity index (χ0) is 18.9. The Labute approximate surface area is 161 Å². The van der Waals surface area contributed by atoms with Gasteiger partial charge in [0.15, 0.2) is 5.79 Å². The average molecular weight is 394 g/mol. The quantitative estimate of drug-likeness (QED) is 0.838. The van der Waals surface area contributed by atoms with Crippen LogP contribution in [0, 0.1) is 5.82 Å². The van der Waals surface area contributed by atoms with Crippen molar-refractivity contribution in [2.24, 2.45) is 0 Å². The third-order valence-corrected chi connectivity index (χ3v) is 6.69. The van der Waals surface area contributed by atoms with Crippen LogP contribution in [0.3, 0.4) is 0 Å². The maximum atomic E-state index is 13.8. The van der Waals surface area contributed by atoms with Gasteiger partial charge in [-0.15, -0.1) is 11.8 Å². The molecule has 3 heterocycles. The molecule has 0 aliphatic carbocycles. The Morgan fingerprint density at radius 1 is 1.26 bits per heavy atom. The third kappa shape index (κ3) is 3.97. The number of ether oxygens (including phenoxy) is 2. The van der Waals surface area contributed by atoms with E-state index in [0.29, 0.717) is 56.9 Å². The van der Waals surface area contributed by atoms with Gasteiger partial charge >= 0.3 is 0 Å². The first-order valence-corrected chi connectivity index (χ1v) is 10.3. The number of amides is 2. The van der Waals surface area contributed by atoms with E-state index in [1.54, 1.807) is 23.1 Å². The molecule has 3 fully saturated rings. The molecule has 3 aliphatic heterocycles. The first-order chi connectivity index (χ1) is 13.1. The number of nitrogens with zero attached hydrogens (tertiary/aromatic N) is 1. The van der Waals surface area contributed by atoms with Crippen molar-refractivity contribution in [3.63, 3.8) is 0 Å². The van der Waals surface area contributed by atoms with Crippen LogP contribution in [0.4, 0.5) is 4.39 Å². The number of carbonyl (C=O) groups is 2. The molecule has 0 radical (unpaired) electrons. The van der Waals surface area contributed by atoms with E-state index < -0.39 is 11.8 Å². The molecule has 146 valence electrons. The van der Waals surface area contributed by atoms with Crippen molar-refractivity contribution in [1.29, 1.82) is 0 Å². The normalized spacial score (nSPS) is 27.6. The van der Waals surface area contributed by atoms with Crippen LogP contribution in [0.2, 0.25) is 0 Å². The van der Waals surface area contributed by atoms with Crippen LogP contribution in [0.15, 0.2) is 24.3 Å². The Balaban J connectivity index is 1.31. The number of piperidine rings is 1. The number of hydrogen-bond donors (Lipinski definition) is 1. The highest BCUT2D eigenvalue weighted by Crippen LogP contribution is 2.32. The summed E-state index contributed by atoms with van der Waals surface area (Å²) < 4.78 is 25.2. The number of hydrogen-bond acceptors (Lipinski definition) is 5. The average Bonchev–Trinajstić information content (AvgIpc) is 3.13. The molecule has 0 unspecified atom stereocenters. The highest BCUT2D eigenvalue weighted by Gasteiger charge is 2.42. The zero-order valence-electron chi connectivity index (χ0n) is 15.0. The molecule has 4 rings (SSSR count). The van der Waals surface area contributed by atoms with Gasteiger partial charge in [0.2, 0.25) is 11.8 Å². The maximum Gasteiger partial charge on any atom is 0.246 e. The minimum absolute atomic E-state index is 0.0620. The zero-order valence-corrected chi connectivity index (χ0v) is 15.8. The number of carbonyl (C=O) groups excluding carboxylic acids is 2. The SMILES string of the molecule is O=C1N[C@@H](C(=O)N2CCC3(CC2)OCCO3)CS[C@H]1Cc1ccccc1F. The van der Waals surface area contributed by atoms with Gasteiger partial charge in [-0.1, -0.05) is 18.2 Å². The van der Waals surface area contributed by atoms with E-state index in [0.717, 1.165) is 0 Å². The van der Waals surface area contributed by atoms with Crippen molar-refractivity contribution in [3.8, 4) is 0 Å². The van der Waals surface area contributed by atoms with Crippen LogP contribution in [0.1, 0.15) is 18.4 Å². The molecule has 1 aromatic rings. The van der Waals surface area contributed by atoms with Crippen LogP contribution in [-0.2, 0) is 25.5 Å². The molecule has 2 atom stereocenters. The second kappa shape index (κ2) is 7.77. The van der Waals surface area contributed by atoms with Gasteiger partial charge in [-0.25, -0.2) is 4.39 Å². The molecule has 2 amide bonds. The molecule has 0 aromatic heterocycles.